The van der Waals surface area contributed by atoms with E-state index in [-0.39, 0.29) is 11.4 Å². The molecule has 2 N–H and O–H groups in total. The zero-order chi connectivity index (χ0) is 11.9. The van der Waals surface area contributed by atoms with E-state index in [9.17, 15) is 4.79 Å². The van der Waals surface area contributed by atoms with Crippen LogP contribution in [0.15, 0.2) is 0 Å². The number of rotatable bonds is 7. The summed E-state index contributed by atoms with van der Waals surface area (Å²) in [5.74, 6) is 0.249. The molecule has 0 saturated carbocycles. The maximum absolute atomic E-state index is 11.8. The number of hydrogen-bond donors (Lipinski definition) is 1. The van der Waals surface area contributed by atoms with E-state index < -0.39 is 0 Å². The van der Waals surface area contributed by atoms with Crippen LogP contribution in [0, 0.1) is 0 Å². The largest absolute Gasteiger partial charge is 0.341 e. The molecule has 0 aliphatic heterocycles. The highest BCUT2D eigenvalue weighted by Gasteiger charge is 2.24. The number of amides is 1. The lowest BCUT2D eigenvalue weighted by Gasteiger charge is -2.35. The van der Waals surface area contributed by atoms with E-state index in [4.69, 9.17) is 5.73 Å². The van der Waals surface area contributed by atoms with E-state index in [0.29, 0.717) is 6.42 Å². The Morgan fingerprint density at radius 1 is 1.27 bits per heavy atom. The van der Waals surface area contributed by atoms with Crippen LogP contribution in [0.1, 0.15) is 52.9 Å². The van der Waals surface area contributed by atoms with E-state index in [1.165, 1.54) is 0 Å². The quantitative estimate of drug-likeness (QED) is 0.660. The zero-order valence-corrected chi connectivity index (χ0v) is 10.7. The van der Waals surface area contributed by atoms with Gasteiger partial charge in [0.05, 0.1) is 0 Å². The van der Waals surface area contributed by atoms with Crippen molar-refractivity contribution in [2.24, 2.45) is 5.73 Å². The van der Waals surface area contributed by atoms with Crippen LogP contribution in [0.4, 0.5) is 0 Å². The molecule has 0 fully saturated rings. The van der Waals surface area contributed by atoms with Gasteiger partial charge in [0.25, 0.3) is 0 Å². The van der Waals surface area contributed by atoms with Gasteiger partial charge in [0.1, 0.15) is 0 Å². The monoisotopic (exact) mass is 214 g/mol. The molecule has 0 aromatic rings. The molecule has 0 aliphatic carbocycles. The second-order valence-electron chi connectivity index (χ2n) is 4.72. The first-order valence-electron chi connectivity index (χ1n) is 5.92. The van der Waals surface area contributed by atoms with Gasteiger partial charge >= 0.3 is 0 Å². The molecular formula is C12H26N2O. The molecule has 0 saturated heterocycles. The second-order valence-corrected chi connectivity index (χ2v) is 4.72. The summed E-state index contributed by atoms with van der Waals surface area (Å²) in [5.41, 5.74) is 5.38. The van der Waals surface area contributed by atoms with Gasteiger partial charge in [-0.15, -0.1) is 0 Å². The molecule has 0 radical (unpaired) electrons. The van der Waals surface area contributed by atoms with Crippen LogP contribution < -0.4 is 5.73 Å². The molecule has 0 aromatic carbocycles. The summed E-state index contributed by atoms with van der Waals surface area (Å²) in [6.07, 6.45) is 4.68. The van der Waals surface area contributed by atoms with E-state index in [1.54, 1.807) is 0 Å². The number of unbranched alkanes of at least 4 members (excludes halogenated alkanes) is 2. The SMILES string of the molecule is CCC(C)(C)N(C)C(=O)CCCCCN. The number of carbonyl (C=O) groups excluding carboxylic acids is 1. The van der Waals surface area contributed by atoms with Crippen LogP contribution in [-0.2, 0) is 4.79 Å². The summed E-state index contributed by atoms with van der Waals surface area (Å²) < 4.78 is 0. The van der Waals surface area contributed by atoms with E-state index in [0.717, 1.165) is 32.2 Å². The molecule has 1 amide bonds. The van der Waals surface area contributed by atoms with Gasteiger partial charge in [-0.25, -0.2) is 0 Å². The number of nitrogens with two attached hydrogens (primary N) is 1. The Bertz CT molecular complexity index is 190. The van der Waals surface area contributed by atoms with Crippen molar-refractivity contribution < 1.29 is 4.79 Å². The minimum atomic E-state index is -0.0229. The third kappa shape index (κ3) is 5.17. The molecule has 0 heterocycles. The molecule has 15 heavy (non-hydrogen) atoms. The second kappa shape index (κ2) is 6.83. The zero-order valence-electron chi connectivity index (χ0n) is 10.7. The first kappa shape index (κ1) is 14.4. The molecule has 0 bridgehead atoms. The summed E-state index contributed by atoms with van der Waals surface area (Å²) in [5, 5.41) is 0. The predicted molar refractivity (Wildman–Crippen MR) is 64.7 cm³/mol. The molecule has 3 nitrogen and oxygen atoms in total. The number of hydrogen-bond acceptors (Lipinski definition) is 2. The normalized spacial score (nSPS) is 11.5. The Hall–Kier alpha value is -0.570. The molecule has 0 spiro atoms. The summed E-state index contributed by atoms with van der Waals surface area (Å²) >= 11 is 0. The van der Waals surface area contributed by atoms with Crippen LogP contribution in [-0.4, -0.2) is 29.9 Å². The average molecular weight is 214 g/mol. The van der Waals surface area contributed by atoms with Crippen molar-refractivity contribution in [3.63, 3.8) is 0 Å². The fourth-order valence-corrected chi connectivity index (χ4v) is 1.34. The molecule has 3 heteroatoms. The molecule has 0 atom stereocenters. The highest BCUT2D eigenvalue weighted by molar-refractivity contribution is 5.76. The Morgan fingerprint density at radius 2 is 1.87 bits per heavy atom. The third-order valence-electron chi connectivity index (χ3n) is 3.24. The van der Waals surface area contributed by atoms with Crippen LogP contribution in [0.5, 0.6) is 0 Å². The van der Waals surface area contributed by atoms with E-state index in [2.05, 4.69) is 20.8 Å². The smallest absolute Gasteiger partial charge is 0.222 e. The van der Waals surface area contributed by atoms with E-state index in [1.807, 2.05) is 11.9 Å². The van der Waals surface area contributed by atoms with Gasteiger partial charge in [0, 0.05) is 19.0 Å². The fraction of sp³-hybridized carbons (Fsp3) is 0.917. The highest BCUT2D eigenvalue weighted by Crippen LogP contribution is 2.18. The summed E-state index contributed by atoms with van der Waals surface area (Å²) in [4.78, 5) is 13.7. The molecule has 90 valence electrons. The summed E-state index contributed by atoms with van der Waals surface area (Å²) in [6, 6.07) is 0. The van der Waals surface area contributed by atoms with Gasteiger partial charge in [0.15, 0.2) is 0 Å². The van der Waals surface area contributed by atoms with Gasteiger partial charge in [-0.1, -0.05) is 13.3 Å². The van der Waals surface area contributed by atoms with Crippen molar-refractivity contribution >= 4 is 5.91 Å². The van der Waals surface area contributed by atoms with Crippen molar-refractivity contribution in [2.45, 2.75) is 58.4 Å². The third-order valence-corrected chi connectivity index (χ3v) is 3.24. The molecule has 0 aromatic heterocycles. The van der Waals surface area contributed by atoms with Gasteiger partial charge in [0.2, 0.25) is 5.91 Å². The minimum Gasteiger partial charge on any atom is -0.341 e. The topological polar surface area (TPSA) is 46.3 Å². The van der Waals surface area contributed by atoms with Crippen molar-refractivity contribution in [1.29, 1.82) is 0 Å². The lowest BCUT2D eigenvalue weighted by molar-refractivity contribution is -0.134. The lowest BCUT2D eigenvalue weighted by atomic mass is 9.99. The average Bonchev–Trinajstić information content (AvgIpc) is 2.23. The van der Waals surface area contributed by atoms with Crippen molar-refractivity contribution in [1.82, 2.24) is 4.90 Å². The van der Waals surface area contributed by atoms with Crippen molar-refractivity contribution in [3.05, 3.63) is 0 Å². The Labute approximate surface area is 94.0 Å². The van der Waals surface area contributed by atoms with E-state index >= 15 is 0 Å². The van der Waals surface area contributed by atoms with Crippen molar-refractivity contribution in [2.75, 3.05) is 13.6 Å². The standard InChI is InChI=1S/C12H26N2O/c1-5-12(2,3)14(4)11(15)9-7-6-8-10-13/h5-10,13H2,1-4H3. The Kier molecular flexibility index (Phi) is 6.57. The lowest BCUT2D eigenvalue weighted by Crippen LogP contribution is -2.44. The summed E-state index contributed by atoms with van der Waals surface area (Å²) in [7, 11) is 1.90. The molecule has 0 aliphatic rings. The van der Waals surface area contributed by atoms with Crippen LogP contribution in [0.3, 0.4) is 0 Å². The van der Waals surface area contributed by atoms with Gasteiger partial charge in [-0.2, -0.15) is 0 Å². The predicted octanol–water partition coefficient (Wildman–Crippen LogP) is 2.15. The van der Waals surface area contributed by atoms with Gasteiger partial charge < -0.3 is 10.6 Å². The van der Waals surface area contributed by atoms with Gasteiger partial charge in [-0.3, -0.25) is 4.79 Å². The number of carbonyl (C=O) groups is 1. The summed E-state index contributed by atoms with van der Waals surface area (Å²) in [6.45, 7) is 7.04. The van der Waals surface area contributed by atoms with Gasteiger partial charge in [-0.05, 0) is 39.7 Å². The Morgan fingerprint density at radius 3 is 2.33 bits per heavy atom. The molecule has 0 rings (SSSR count). The van der Waals surface area contributed by atoms with Crippen molar-refractivity contribution in [3.8, 4) is 0 Å². The first-order chi connectivity index (χ1) is 6.95. The maximum atomic E-state index is 11.8. The Balaban J connectivity index is 3.89. The van der Waals surface area contributed by atoms with Crippen LogP contribution in [0.2, 0.25) is 0 Å². The first-order valence-corrected chi connectivity index (χ1v) is 5.92. The minimum absolute atomic E-state index is 0.0229. The maximum Gasteiger partial charge on any atom is 0.222 e. The fourth-order valence-electron chi connectivity index (χ4n) is 1.34. The van der Waals surface area contributed by atoms with Crippen LogP contribution in [0.25, 0.3) is 0 Å². The molecular weight excluding hydrogens is 188 g/mol. The molecule has 0 unspecified atom stereocenters. The highest BCUT2D eigenvalue weighted by atomic mass is 16.2. The number of nitrogens with zero attached hydrogens (tertiary/aromatic N) is 1. The van der Waals surface area contributed by atoms with Crippen LogP contribution >= 0.6 is 0 Å².